The Kier molecular flexibility index (Phi) is 11.2. The van der Waals surface area contributed by atoms with Gasteiger partial charge in [0.25, 0.3) is 11.8 Å². The third-order valence-corrected chi connectivity index (χ3v) is 6.79. The van der Waals surface area contributed by atoms with Crippen LogP contribution in [0.3, 0.4) is 0 Å². The molecular weight excluding hydrogens is 476 g/mol. The second-order valence-electron chi connectivity index (χ2n) is 9.41. The molecule has 1 saturated carbocycles. The van der Waals surface area contributed by atoms with Crippen LogP contribution in [-0.4, -0.2) is 115 Å². The van der Waals surface area contributed by atoms with Crippen molar-refractivity contribution >= 4 is 17.7 Å². The van der Waals surface area contributed by atoms with E-state index in [0.717, 1.165) is 25.7 Å². The predicted octanol–water partition coefficient (Wildman–Crippen LogP) is -1.29. The summed E-state index contributed by atoms with van der Waals surface area (Å²) in [7, 11) is 0. The van der Waals surface area contributed by atoms with E-state index in [1.54, 1.807) is 6.92 Å². The maximum atomic E-state index is 12.4. The molecule has 0 bridgehead atoms. The van der Waals surface area contributed by atoms with E-state index in [-0.39, 0.29) is 42.8 Å². The molecule has 0 aromatic carbocycles. The molecule has 0 aromatic heterocycles. The number of hydrogen-bond acceptors (Lipinski definition) is 10. The summed E-state index contributed by atoms with van der Waals surface area (Å²) < 4.78 is 21.5. The molecule has 12 heteroatoms. The van der Waals surface area contributed by atoms with Crippen molar-refractivity contribution < 1.29 is 48.7 Å². The van der Waals surface area contributed by atoms with Crippen LogP contribution < -0.4 is 5.32 Å². The van der Waals surface area contributed by atoms with Crippen molar-refractivity contribution in [3.63, 3.8) is 0 Å². The molecule has 3 rings (SSSR count). The lowest BCUT2D eigenvalue weighted by Crippen LogP contribution is -2.57. The summed E-state index contributed by atoms with van der Waals surface area (Å²) in [6, 6.07) is 0. The molecule has 0 radical (unpaired) electrons. The summed E-state index contributed by atoms with van der Waals surface area (Å²) in [5.41, 5.74) is 0. The van der Waals surface area contributed by atoms with E-state index in [4.69, 9.17) is 18.9 Å². The highest BCUT2D eigenvalue weighted by Crippen LogP contribution is 2.30. The van der Waals surface area contributed by atoms with Crippen molar-refractivity contribution in [1.29, 1.82) is 0 Å². The van der Waals surface area contributed by atoms with E-state index >= 15 is 0 Å². The predicted molar refractivity (Wildman–Crippen MR) is 124 cm³/mol. The smallest absolute Gasteiger partial charge is 0.253 e. The van der Waals surface area contributed by atoms with E-state index in [0.29, 0.717) is 32.9 Å². The van der Waals surface area contributed by atoms with Crippen molar-refractivity contribution in [3.05, 3.63) is 12.2 Å². The van der Waals surface area contributed by atoms with Crippen molar-refractivity contribution in [3.8, 4) is 0 Å². The summed E-state index contributed by atoms with van der Waals surface area (Å²) in [6.45, 7) is 3.79. The number of aliphatic hydroxyl groups excluding tert-OH is 3. The molecule has 5 atom stereocenters. The van der Waals surface area contributed by atoms with Crippen LogP contribution in [-0.2, 0) is 33.3 Å². The molecule has 0 aromatic rings. The van der Waals surface area contributed by atoms with Crippen LogP contribution in [0.25, 0.3) is 0 Å². The number of rotatable bonds is 13. The van der Waals surface area contributed by atoms with Gasteiger partial charge >= 0.3 is 0 Å². The van der Waals surface area contributed by atoms with E-state index in [9.17, 15) is 29.7 Å². The molecular formula is C24H38N2O10. The van der Waals surface area contributed by atoms with Crippen LogP contribution in [0.15, 0.2) is 12.2 Å². The normalized spacial score (nSPS) is 32.8. The molecule has 1 aliphatic carbocycles. The topological polar surface area (TPSA) is 164 Å². The summed E-state index contributed by atoms with van der Waals surface area (Å²) >= 11 is 0. The van der Waals surface area contributed by atoms with Gasteiger partial charge in [0.15, 0.2) is 6.29 Å². The van der Waals surface area contributed by atoms with Crippen molar-refractivity contribution in [2.75, 3.05) is 46.1 Å². The van der Waals surface area contributed by atoms with E-state index in [2.05, 4.69) is 5.32 Å². The third kappa shape index (κ3) is 8.04. The highest BCUT2D eigenvalue weighted by Gasteiger charge is 2.42. The Morgan fingerprint density at radius 1 is 0.944 bits per heavy atom. The van der Waals surface area contributed by atoms with Crippen LogP contribution in [0.2, 0.25) is 0 Å². The van der Waals surface area contributed by atoms with Crippen LogP contribution in [0.4, 0.5) is 0 Å². The molecule has 3 amide bonds. The highest BCUT2D eigenvalue weighted by atomic mass is 16.7. The molecule has 2 fully saturated rings. The van der Waals surface area contributed by atoms with Crippen molar-refractivity contribution in [1.82, 2.24) is 10.2 Å². The monoisotopic (exact) mass is 514 g/mol. The largest absolute Gasteiger partial charge is 0.388 e. The lowest BCUT2D eigenvalue weighted by atomic mass is 9.81. The highest BCUT2D eigenvalue weighted by molar-refractivity contribution is 6.12. The maximum Gasteiger partial charge on any atom is 0.253 e. The quantitative estimate of drug-likeness (QED) is 0.172. The second-order valence-corrected chi connectivity index (χ2v) is 9.41. The molecule has 0 spiro atoms. The molecule has 204 valence electrons. The van der Waals surface area contributed by atoms with Gasteiger partial charge in [-0.25, -0.2) is 0 Å². The zero-order valence-electron chi connectivity index (χ0n) is 20.6. The Labute approximate surface area is 210 Å². The minimum Gasteiger partial charge on any atom is -0.388 e. The Bertz CT molecular complexity index is 752. The van der Waals surface area contributed by atoms with Crippen molar-refractivity contribution in [2.45, 2.75) is 63.3 Å². The average Bonchev–Trinajstić information content (AvgIpc) is 3.19. The number of nitrogens with zero attached hydrogens (tertiary/aromatic N) is 1. The Balaban J connectivity index is 1.15. The van der Waals surface area contributed by atoms with E-state index < -0.39 is 30.7 Å². The van der Waals surface area contributed by atoms with Gasteiger partial charge in [0, 0.05) is 31.2 Å². The summed E-state index contributed by atoms with van der Waals surface area (Å²) in [4.78, 5) is 37.0. The Morgan fingerprint density at radius 3 is 2.22 bits per heavy atom. The number of imide groups is 1. The van der Waals surface area contributed by atoms with Gasteiger partial charge in [-0.15, -0.1) is 0 Å². The first-order chi connectivity index (χ1) is 17.3. The van der Waals surface area contributed by atoms with Crippen LogP contribution in [0.1, 0.15) is 32.6 Å². The van der Waals surface area contributed by atoms with Gasteiger partial charge in [-0.2, -0.15) is 0 Å². The van der Waals surface area contributed by atoms with Crippen LogP contribution in [0.5, 0.6) is 0 Å². The number of nitrogens with one attached hydrogen (secondary N) is 1. The molecule has 4 N–H and O–H groups in total. The number of ether oxygens (including phenoxy) is 4. The minimum atomic E-state index is -1.34. The summed E-state index contributed by atoms with van der Waals surface area (Å²) in [5, 5.41) is 32.2. The van der Waals surface area contributed by atoms with Gasteiger partial charge in [-0.3, -0.25) is 19.3 Å². The zero-order chi connectivity index (χ0) is 26.1. The molecule has 3 aliphatic rings. The number of amides is 3. The minimum absolute atomic E-state index is 0.000449. The third-order valence-electron chi connectivity index (χ3n) is 6.79. The van der Waals surface area contributed by atoms with Gasteiger partial charge in [0.05, 0.1) is 39.1 Å². The fourth-order valence-electron chi connectivity index (χ4n) is 4.56. The van der Waals surface area contributed by atoms with Gasteiger partial charge < -0.3 is 39.6 Å². The zero-order valence-corrected chi connectivity index (χ0v) is 20.6. The Morgan fingerprint density at radius 2 is 1.56 bits per heavy atom. The first kappa shape index (κ1) is 28.6. The standard InChI is InChI=1S/C24H38N2O10/c1-15-20(29)21(30)22(31)24(36-15)35-13-12-34-11-10-33-9-8-25-23(32)17-4-2-16(3-5-17)14-26-18(27)6-7-19(26)28/h6-7,15-17,20-22,24,29-31H,2-5,8-14H2,1H3,(H,25,32)/t15-,16?,17?,20-,21+,22+,24+/m0/s1. The maximum absolute atomic E-state index is 12.4. The van der Waals surface area contributed by atoms with Gasteiger partial charge in [-0.05, 0) is 38.5 Å². The number of aliphatic hydroxyl groups is 3. The average molecular weight is 515 g/mol. The lowest BCUT2D eigenvalue weighted by molar-refractivity contribution is -0.294. The first-order valence-electron chi connectivity index (χ1n) is 12.6. The molecule has 12 nitrogen and oxygen atoms in total. The molecule has 36 heavy (non-hydrogen) atoms. The van der Waals surface area contributed by atoms with Gasteiger partial charge in [0.1, 0.15) is 18.3 Å². The Hall–Kier alpha value is -1.93. The molecule has 0 unspecified atom stereocenters. The fourth-order valence-corrected chi connectivity index (χ4v) is 4.56. The summed E-state index contributed by atoms with van der Waals surface area (Å²) in [6.07, 6.45) is 0.137. The second kappa shape index (κ2) is 14.1. The van der Waals surface area contributed by atoms with Crippen LogP contribution >= 0.6 is 0 Å². The fraction of sp³-hybridized carbons (Fsp3) is 0.792. The van der Waals surface area contributed by atoms with Crippen LogP contribution in [0, 0.1) is 11.8 Å². The molecule has 1 saturated heterocycles. The van der Waals surface area contributed by atoms with Gasteiger partial charge in [0.2, 0.25) is 5.91 Å². The number of hydrogen-bond donors (Lipinski definition) is 4. The number of carbonyl (C=O) groups excluding carboxylic acids is 3. The number of carbonyl (C=O) groups is 3. The SMILES string of the molecule is C[C@@H]1O[C@@H](OCCOCCOCCNC(=O)C2CCC(CN3C(=O)C=CC3=O)CC2)[C@H](O)[C@H](O)[C@H]1O. The lowest BCUT2D eigenvalue weighted by Gasteiger charge is -2.38. The molecule has 2 aliphatic heterocycles. The molecule has 2 heterocycles. The van der Waals surface area contributed by atoms with E-state index in [1.165, 1.54) is 17.1 Å². The summed E-state index contributed by atoms with van der Waals surface area (Å²) in [5.74, 6) is -0.348. The first-order valence-corrected chi connectivity index (χ1v) is 12.6. The van der Waals surface area contributed by atoms with Crippen molar-refractivity contribution in [2.24, 2.45) is 11.8 Å². The van der Waals surface area contributed by atoms with Gasteiger partial charge in [-0.1, -0.05) is 0 Å². The van der Waals surface area contributed by atoms with E-state index in [1.807, 2.05) is 0 Å².